The number of aromatic nitrogens is 1. The van der Waals surface area contributed by atoms with Crippen LogP contribution in [-0.4, -0.2) is 40.1 Å². The zero-order chi connectivity index (χ0) is 17.0. The minimum atomic E-state index is -0.562. The van der Waals surface area contributed by atoms with Crippen LogP contribution in [0, 0.1) is 0 Å². The van der Waals surface area contributed by atoms with Gasteiger partial charge in [-0.25, -0.2) is 4.79 Å². The van der Waals surface area contributed by atoms with Gasteiger partial charge in [0.1, 0.15) is 11.6 Å². The molecule has 2 rings (SSSR count). The van der Waals surface area contributed by atoms with Gasteiger partial charge < -0.3 is 10.1 Å². The fourth-order valence-corrected chi connectivity index (χ4v) is 2.43. The number of carbonyl (C=O) groups excluding carboxylic acids is 2. The van der Waals surface area contributed by atoms with E-state index in [1.54, 1.807) is 6.20 Å². The van der Waals surface area contributed by atoms with Crippen molar-refractivity contribution < 1.29 is 14.3 Å². The van der Waals surface area contributed by atoms with E-state index in [9.17, 15) is 9.59 Å². The summed E-state index contributed by atoms with van der Waals surface area (Å²) in [6.45, 7) is 7.98. The minimum Gasteiger partial charge on any atom is -0.444 e. The maximum absolute atomic E-state index is 12.5. The van der Waals surface area contributed by atoms with Crippen LogP contribution in [0.4, 0.5) is 4.79 Å². The van der Waals surface area contributed by atoms with Crippen molar-refractivity contribution in [2.75, 3.05) is 6.54 Å². The Morgan fingerprint density at radius 3 is 2.65 bits per heavy atom. The van der Waals surface area contributed by atoms with Crippen molar-refractivity contribution in [3.63, 3.8) is 0 Å². The number of nitrogens with one attached hydrogen (secondary N) is 1. The molecule has 0 bridgehead atoms. The number of pyridine rings is 1. The summed E-state index contributed by atoms with van der Waals surface area (Å²) in [6.07, 6.45) is 2.67. The molecule has 0 spiro atoms. The first-order chi connectivity index (χ1) is 10.8. The molecule has 2 amide bonds. The lowest BCUT2D eigenvalue weighted by Gasteiger charge is -2.40. The van der Waals surface area contributed by atoms with E-state index in [0.29, 0.717) is 13.0 Å². The van der Waals surface area contributed by atoms with E-state index >= 15 is 0 Å². The fourth-order valence-electron chi connectivity index (χ4n) is 2.43. The molecular formula is C17H25N3O3. The third-order valence-electron chi connectivity index (χ3n) is 3.72. The van der Waals surface area contributed by atoms with Crippen LogP contribution in [-0.2, 0) is 9.53 Å². The third kappa shape index (κ3) is 4.43. The average molecular weight is 319 g/mol. The van der Waals surface area contributed by atoms with Crippen molar-refractivity contribution in [3.05, 3.63) is 30.1 Å². The zero-order valence-electron chi connectivity index (χ0n) is 14.2. The molecule has 0 radical (unpaired) electrons. The van der Waals surface area contributed by atoms with E-state index in [4.69, 9.17) is 4.74 Å². The van der Waals surface area contributed by atoms with Crippen LogP contribution in [0.15, 0.2) is 24.4 Å². The average Bonchev–Trinajstić information content (AvgIpc) is 2.42. The number of hydrogen-bond donors (Lipinski definition) is 1. The summed E-state index contributed by atoms with van der Waals surface area (Å²) in [5, 5.41) is 2.98. The second-order valence-corrected chi connectivity index (χ2v) is 6.70. The van der Waals surface area contributed by atoms with Gasteiger partial charge in [0.2, 0.25) is 5.91 Å². The van der Waals surface area contributed by atoms with Crippen LogP contribution in [0.5, 0.6) is 0 Å². The molecule has 0 aromatic carbocycles. The van der Waals surface area contributed by atoms with Gasteiger partial charge in [-0.2, -0.15) is 0 Å². The molecular weight excluding hydrogens is 294 g/mol. The monoisotopic (exact) mass is 319 g/mol. The van der Waals surface area contributed by atoms with Crippen LogP contribution in [0.2, 0.25) is 0 Å². The molecule has 6 heteroatoms. The van der Waals surface area contributed by atoms with Crippen LogP contribution in [0.25, 0.3) is 0 Å². The molecule has 1 N–H and O–H groups in total. The van der Waals surface area contributed by atoms with Crippen LogP contribution in [0.3, 0.4) is 0 Å². The van der Waals surface area contributed by atoms with E-state index in [0.717, 1.165) is 12.1 Å². The third-order valence-corrected chi connectivity index (χ3v) is 3.72. The molecule has 1 fully saturated rings. The molecule has 0 saturated carbocycles. The minimum absolute atomic E-state index is 0.148. The molecule has 126 valence electrons. The standard InChI is InChI=1S/C17H25N3O3/c1-5-12(13-8-6-7-10-18-13)19-15(21)14-9-11-20(14)16(22)23-17(2,3)4/h6-8,10,12,14H,5,9,11H2,1-4H3,(H,19,21)/t12-,14-/m1/s1. The van der Waals surface area contributed by atoms with Crippen LogP contribution in [0.1, 0.15) is 52.3 Å². The number of hydrogen-bond acceptors (Lipinski definition) is 4. The van der Waals surface area contributed by atoms with Crippen molar-refractivity contribution in [2.24, 2.45) is 0 Å². The second-order valence-electron chi connectivity index (χ2n) is 6.70. The van der Waals surface area contributed by atoms with Crippen molar-refractivity contribution >= 4 is 12.0 Å². The topological polar surface area (TPSA) is 71.5 Å². The van der Waals surface area contributed by atoms with Gasteiger partial charge in [0.05, 0.1) is 11.7 Å². The Labute approximate surface area is 137 Å². The first kappa shape index (κ1) is 17.2. The zero-order valence-corrected chi connectivity index (χ0v) is 14.2. The summed E-state index contributed by atoms with van der Waals surface area (Å²) >= 11 is 0. The van der Waals surface area contributed by atoms with E-state index in [2.05, 4.69) is 10.3 Å². The maximum atomic E-state index is 12.5. The van der Waals surface area contributed by atoms with Crippen LogP contribution >= 0.6 is 0 Å². The Morgan fingerprint density at radius 2 is 2.17 bits per heavy atom. The van der Waals surface area contributed by atoms with Crippen LogP contribution < -0.4 is 5.32 Å². The fraction of sp³-hybridized carbons (Fsp3) is 0.588. The van der Waals surface area contributed by atoms with Gasteiger partial charge in [-0.05, 0) is 45.7 Å². The highest BCUT2D eigenvalue weighted by atomic mass is 16.6. The lowest BCUT2D eigenvalue weighted by atomic mass is 10.0. The maximum Gasteiger partial charge on any atom is 0.410 e. The first-order valence-electron chi connectivity index (χ1n) is 8.02. The van der Waals surface area contributed by atoms with Crippen molar-refractivity contribution in [1.29, 1.82) is 0 Å². The second kappa shape index (κ2) is 6.98. The highest BCUT2D eigenvalue weighted by Gasteiger charge is 2.40. The van der Waals surface area contributed by atoms with Crippen molar-refractivity contribution in [2.45, 2.75) is 58.2 Å². The molecule has 1 aliphatic heterocycles. The Kier molecular flexibility index (Phi) is 5.23. The summed E-state index contributed by atoms with van der Waals surface area (Å²) in [4.78, 5) is 30.3. The largest absolute Gasteiger partial charge is 0.444 e. The van der Waals surface area contributed by atoms with E-state index in [-0.39, 0.29) is 11.9 Å². The van der Waals surface area contributed by atoms with Gasteiger partial charge in [0, 0.05) is 12.7 Å². The van der Waals surface area contributed by atoms with Crippen molar-refractivity contribution in [1.82, 2.24) is 15.2 Å². The first-order valence-corrected chi connectivity index (χ1v) is 8.02. The Morgan fingerprint density at radius 1 is 1.43 bits per heavy atom. The normalized spacial score (nSPS) is 18.8. The lowest BCUT2D eigenvalue weighted by Crippen LogP contribution is -2.59. The Hall–Kier alpha value is -2.11. The highest BCUT2D eigenvalue weighted by molar-refractivity contribution is 5.87. The number of rotatable bonds is 4. The lowest BCUT2D eigenvalue weighted by molar-refractivity contribution is -0.131. The molecule has 0 aliphatic carbocycles. The van der Waals surface area contributed by atoms with Gasteiger partial charge in [-0.1, -0.05) is 13.0 Å². The smallest absolute Gasteiger partial charge is 0.410 e. The summed E-state index contributed by atoms with van der Waals surface area (Å²) in [6, 6.07) is 5.02. The van der Waals surface area contributed by atoms with E-state index < -0.39 is 17.7 Å². The molecule has 1 aromatic heterocycles. The van der Waals surface area contributed by atoms with Gasteiger partial charge in [-0.15, -0.1) is 0 Å². The molecule has 6 nitrogen and oxygen atoms in total. The van der Waals surface area contributed by atoms with Gasteiger partial charge in [0.25, 0.3) is 0 Å². The molecule has 0 unspecified atom stereocenters. The Bertz CT molecular complexity index is 554. The van der Waals surface area contributed by atoms with Gasteiger partial charge >= 0.3 is 6.09 Å². The molecule has 2 heterocycles. The number of ether oxygens (including phenoxy) is 1. The summed E-state index contributed by atoms with van der Waals surface area (Å²) in [7, 11) is 0. The molecule has 1 aromatic rings. The summed E-state index contributed by atoms with van der Waals surface area (Å²) in [5.74, 6) is -0.153. The highest BCUT2D eigenvalue weighted by Crippen LogP contribution is 2.23. The SMILES string of the molecule is CC[C@@H](NC(=O)[C@H]1CCN1C(=O)OC(C)(C)C)c1ccccn1. The van der Waals surface area contributed by atoms with Gasteiger partial charge in [-0.3, -0.25) is 14.7 Å². The number of nitrogens with zero attached hydrogens (tertiary/aromatic N) is 2. The van der Waals surface area contributed by atoms with Crippen molar-refractivity contribution in [3.8, 4) is 0 Å². The molecule has 1 aliphatic rings. The summed E-state index contributed by atoms with van der Waals surface area (Å²) < 4.78 is 5.33. The predicted molar refractivity (Wildman–Crippen MR) is 86.8 cm³/mol. The molecule has 1 saturated heterocycles. The number of likely N-dealkylation sites (tertiary alicyclic amines) is 1. The quantitative estimate of drug-likeness (QED) is 0.926. The predicted octanol–water partition coefficient (Wildman–Crippen LogP) is 2.66. The molecule has 23 heavy (non-hydrogen) atoms. The van der Waals surface area contributed by atoms with E-state index in [1.165, 1.54) is 4.90 Å². The Balaban J connectivity index is 1.96. The van der Waals surface area contributed by atoms with E-state index in [1.807, 2.05) is 45.9 Å². The molecule has 2 atom stereocenters. The number of amides is 2. The number of carbonyl (C=O) groups is 2. The van der Waals surface area contributed by atoms with Gasteiger partial charge in [0.15, 0.2) is 0 Å². The summed E-state index contributed by atoms with van der Waals surface area (Å²) in [5.41, 5.74) is 0.264.